The largest absolute Gasteiger partial charge is 0.465 e. The molecule has 2 aromatic rings. The smallest absolute Gasteiger partial charge is 0.405 e. The number of carboxylic acid groups (broad SMARTS) is 1. The van der Waals surface area contributed by atoms with Crippen molar-refractivity contribution >= 4 is 17.7 Å². The zero-order valence-corrected chi connectivity index (χ0v) is 16.1. The molecule has 7 nitrogen and oxygen atoms in total. The van der Waals surface area contributed by atoms with Gasteiger partial charge in [-0.2, -0.15) is 5.26 Å². The second-order valence-electron chi connectivity index (χ2n) is 6.42. The third-order valence-electron chi connectivity index (χ3n) is 4.35. The van der Waals surface area contributed by atoms with Gasteiger partial charge >= 0.3 is 6.09 Å². The number of amides is 2. The monoisotopic (exact) mass is 390 g/mol. The van der Waals surface area contributed by atoms with Gasteiger partial charge < -0.3 is 15.7 Å². The van der Waals surface area contributed by atoms with Gasteiger partial charge in [-0.25, -0.2) is 4.79 Å². The zero-order valence-electron chi connectivity index (χ0n) is 16.1. The Morgan fingerprint density at radius 2 is 2.07 bits per heavy atom. The van der Waals surface area contributed by atoms with Crippen LogP contribution in [-0.4, -0.2) is 22.1 Å². The molecular weight excluding hydrogens is 368 g/mol. The SMILES string of the molecule is C=CC[C@H](NC(=O)O)c1cncc(-c2ccc(C#N)cc2NC(=O)[C@H](C)C=C)c1. The van der Waals surface area contributed by atoms with Crippen molar-refractivity contribution in [3.05, 3.63) is 73.1 Å². The topological polar surface area (TPSA) is 115 Å². The Morgan fingerprint density at radius 3 is 2.69 bits per heavy atom. The maximum absolute atomic E-state index is 12.3. The van der Waals surface area contributed by atoms with E-state index >= 15 is 0 Å². The minimum atomic E-state index is -1.15. The van der Waals surface area contributed by atoms with Crippen molar-refractivity contribution < 1.29 is 14.7 Å². The molecule has 1 heterocycles. The van der Waals surface area contributed by atoms with E-state index in [9.17, 15) is 14.9 Å². The van der Waals surface area contributed by atoms with Crippen LogP contribution in [0.4, 0.5) is 10.5 Å². The van der Waals surface area contributed by atoms with E-state index in [4.69, 9.17) is 5.11 Å². The molecule has 1 aromatic carbocycles. The summed E-state index contributed by atoms with van der Waals surface area (Å²) >= 11 is 0. The lowest BCUT2D eigenvalue weighted by atomic mass is 9.98. The molecule has 2 atom stereocenters. The second kappa shape index (κ2) is 9.85. The minimum Gasteiger partial charge on any atom is -0.465 e. The molecule has 0 aliphatic carbocycles. The van der Waals surface area contributed by atoms with Gasteiger partial charge in [0.2, 0.25) is 5.91 Å². The Morgan fingerprint density at radius 1 is 1.31 bits per heavy atom. The first-order valence-electron chi connectivity index (χ1n) is 8.92. The molecular formula is C22H22N4O3. The number of hydrogen-bond acceptors (Lipinski definition) is 4. The molecule has 2 rings (SSSR count). The number of benzene rings is 1. The molecule has 0 saturated carbocycles. The van der Waals surface area contributed by atoms with E-state index in [0.29, 0.717) is 34.4 Å². The number of hydrogen-bond donors (Lipinski definition) is 3. The van der Waals surface area contributed by atoms with E-state index in [1.807, 2.05) is 0 Å². The van der Waals surface area contributed by atoms with Gasteiger partial charge in [0.1, 0.15) is 0 Å². The van der Waals surface area contributed by atoms with Gasteiger partial charge in [0, 0.05) is 29.2 Å². The lowest BCUT2D eigenvalue weighted by molar-refractivity contribution is -0.118. The maximum atomic E-state index is 12.3. The number of pyridine rings is 1. The molecule has 1 aromatic heterocycles. The molecule has 148 valence electrons. The Kier molecular flexibility index (Phi) is 7.26. The number of nitriles is 1. The van der Waals surface area contributed by atoms with Gasteiger partial charge in [-0.3, -0.25) is 9.78 Å². The fourth-order valence-electron chi connectivity index (χ4n) is 2.71. The standard InChI is InChI=1S/C22H22N4O3/c1-4-6-19(26-22(28)29)17-10-16(12-24-13-17)18-8-7-15(11-23)9-20(18)25-21(27)14(3)5-2/h4-5,7-10,12-14,19,26H,1-2,6H2,3H3,(H,25,27)(H,28,29)/t14-,19+/m1/s1. The maximum Gasteiger partial charge on any atom is 0.405 e. The predicted octanol–water partition coefficient (Wildman–Crippen LogP) is 4.27. The molecule has 29 heavy (non-hydrogen) atoms. The van der Waals surface area contributed by atoms with Gasteiger partial charge in [0.15, 0.2) is 0 Å². The molecule has 3 N–H and O–H groups in total. The fraction of sp³-hybridized carbons (Fsp3) is 0.182. The molecule has 0 spiro atoms. The van der Waals surface area contributed by atoms with Crippen molar-refractivity contribution in [1.82, 2.24) is 10.3 Å². The summed E-state index contributed by atoms with van der Waals surface area (Å²) in [4.78, 5) is 27.7. The summed E-state index contributed by atoms with van der Waals surface area (Å²) in [5, 5.41) is 23.6. The Hall–Kier alpha value is -3.92. The third kappa shape index (κ3) is 5.53. The highest BCUT2D eigenvalue weighted by Crippen LogP contribution is 2.31. The highest BCUT2D eigenvalue weighted by atomic mass is 16.4. The quantitative estimate of drug-likeness (QED) is 0.582. The van der Waals surface area contributed by atoms with E-state index in [0.717, 1.165) is 0 Å². The number of nitrogens with one attached hydrogen (secondary N) is 2. The summed E-state index contributed by atoms with van der Waals surface area (Å²) in [7, 11) is 0. The molecule has 0 aliphatic rings. The first-order valence-corrected chi connectivity index (χ1v) is 8.92. The molecule has 0 saturated heterocycles. The normalized spacial score (nSPS) is 12.1. The molecule has 2 amide bonds. The number of rotatable bonds is 8. The van der Waals surface area contributed by atoms with Gasteiger partial charge in [0.25, 0.3) is 0 Å². The van der Waals surface area contributed by atoms with E-state index in [-0.39, 0.29) is 5.91 Å². The van der Waals surface area contributed by atoms with Crippen molar-refractivity contribution in [2.75, 3.05) is 5.32 Å². The van der Waals surface area contributed by atoms with E-state index in [2.05, 4.69) is 34.8 Å². The van der Waals surface area contributed by atoms with Crippen LogP contribution in [0.15, 0.2) is 62.0 Å². The van der Waals surface area contributed by atoms with Gasteiger partial charge in [-0.15, -0.1) is 13.2 Å². The molecule has 0 radical (unpaired) electrons. The van der Waals surface area contributed by atoms with Gasteiger partial charge in [-0.1, -0.05) is 25.1 Å². The van der Waals surface area contributed by atoms with Gasteiger partial charge in [0.05, 0.1) is 23.6 Å². The third-order valence-corrected chi connectivity index (χ3v) is 4.35. The van der Waals surface area contributed by atoms with Crippen LogP contribution in [0, 0.1) is 17.2 Å². The lowest BCUT2D eigenvalue weighted by Crippen LogP contribution is -2.26. The Bertz CT molecular complexity index is 978. The van der Waals surface area contributed by atoms with Crippen LogP contribution in [-0.2, 0) is 4.79 Å². The van der Waals surface area contributed by atoms with E-state index < -0.39 is 18.1 Å². The summed E-state index contributed by atoms with van der Waals surface area (Å²) in [6.45, 7) is 9.01. The predicted molar refractivity (Wildman–Crippen MR) is 111 cm³/mol. The summed E-state index contributed by atoms with van der Waals surface area (Å²) < 4.78 is 0. The zero-order chi connectivity index (χ0) is 21.4. The van der Waals surface area contributed by atoms with Crippen LogP contribution < -0.4 is 10.6 Å². The van der Waals surface area contributed by atoms with Crippen molar-refractivity contribution in [3.63, 3.8) is 0 Å². The number of carbonyl (C=O) groups excluding carboxylic acids is 1. The first kappa shape index (κ1) is 21.4. The van der Waals surface area contributed by atoms with Crippen molar-refractivity contribution in [2.24, 2.45) is 5.92 Å². The number of nitrogens with zero attached hydrogens (tertiary/aromatic N) is 2. The molecule has 0 fully saturated rings. The Balaban J connectivity index is 2.49. The number of anilines is 1. The van der Waals surface area contributed by atoms with Crippen LogP contribution in [0.5, 0.6) is 0 Å². The van der Waals surface area contributed by atoms with E-state index in [1.54, 1.807) is 49.7 Å². The summed E-state index contributed by atoms with van der Waals surface area (Å²) in [5.41, 5.74) is 2.86. The first-order chi connectivity index (χ1) is 13.9. The molecule has 0 aliphatic heterocycles. The van der Waals surface area contributed by atoms with Crippen molar-refractivity contribution in [2.45, 2.75) is 19.4 Å². The van der Waals surface area contributed by atoms with Crippen LogP contribution >= 0.6 is 0 Å². The van der Waals surface area contributed by atoms with Gasteiger partial charge in [-0.05, 0) is 30.2 Å². The minimum absolute atomic E-state index is 0.252. The lowest BCUT2D eigenvalue weighted by Gasteiger charge is -2.17. The average Bonchev–Trinajstić information content (AvgIpc) is 2.72. The average molecular weight is 390 g/mol. The van der Waals surface area contributed by atoms with E-state index in [1.165, 1.54) is 6.08 Å². The summed E-state index contributed by atoms with van der Waals surface area (Å²) in [6, 6.07) is 8.31. The molecule has 0 unspecified atom stereocenters. The molecule has 7 heteroatoms. The van der Waals surface area contributed by atoms with Crippen LogP contribution in [0.3, 0.4) is 0 Å². The molecule has 0 bridgehead atoms. The highest BCUT2D eigenvalue weighted by Gasteiger charge is 2.17. The van der Waals surface area contributed by atoms with Crippen molar-refractivity contribution in [1.29, 1.82) is 5.26 Å². The highest BCUT2D eigenvalue weighted by molar-refractivity contribution is 5.97. The fourth-order valence-corrected chi connectivity index (χ4v) is 2.71. The van der Waals surface area contributed by atoms with Crippen molar-refractivity contribution in [3.8, 4) is 17.2 Å². The van der Waals surface area contributed by atoms with Crippen LogP contribution in [0.1, 0.15) is 30.5 Å². The Labute approximate surface area is 169 Å². The summed E-state index contributed by atoms with van der Waals surface area (Å²) in [6.07, 6.45) is 5.59. The van der Waals surface area contributed by atoms with Crippen LogP contribution in [0.25, 0.3) is 11.1 Å². The van der Waals surface area contributed by atoms with Crippen LogP contribution in [0.2, 0.25) is 0 Å². The number of carbonyl (C=O) groups is 2. The number of aromatic nitrogens is 1. The second-order valence-corrected chi connectivity index (χ2v) is 6.42. The summed E-state index contributed by atoms with van der Waals surface area (Å²) in [5.74, 6) is -0.660.